The van der Waals surface area contributed by atoms with Crippen LogP contribution < -0.4 is 5.32 Å². The van der Waals surface area contributed by atoms with Crippen LogP contribution in [0, 0.1) is 5.41 Å². The van der Waals surface area contributed by atoms with Crippen molar-refractivity contribution in [3.05, 3.63) is 0 Å². The third-order valence-corrected chi connectivity index (χ3v) is 3.74. The molecule has 1 amide bonds. The van der Waals surface area contributed by atoms with Gasteiger partial charge in [-0.15, -0.1) is 0 Å². The van der Waals surface area contributed by atoms with Gasteiger partial charge in [-0.1, -0.05) is 0 Å². The lowest BCUT2D eigenvalue weighted by Gasteiger charge is -2.44. The van der Waals surface area contributed by atoms with Crippen molar-refractivity contribution in [3.63, 3.8) is 0 Å². The second-order valence-corrected chi connectivity index (χ2v) is 6.36. The van der Waals surface area contributed by atoms with Crippen LogP contribution in [0.4, 0.5) is 0 Å². The molecule has 2 atom stereocenters. The zero-order valence-corrected chi connectivity index (χ0v) is 11.4. The lowest BCUT2D eigenvalue weighted by molar-refractivity contribution is -0.165. The lowest BCUT2D eigenvalue weighted by Crippen LogP contribution is -2.57. The van der Waals surface area contributed by atoms with E-state index >= 15 is 0 Å². The van der Waals surface area contributed by atoms with Gasteiger partial charge in [0.25, 0.3) is 0 Å². The summed E-state index contributed by atoms with van der Waals surface area (Å²) in [6.45, 7) is 11.4. The van der Waals surface area contributed by atoms with Crippen molar-refractivity contribution >= 4 is 5.91 Å². The molecular formula is C13H24N2O2. The second kappa shape index (κ2) is 4.25. The van der Waals surface area contributed by atoms with Crippen LogP contribution in [-0.2, 0) is 9.53 Å². The number of hydrogen-bond donors (Lipinski definition) is 1. The number of amides is 1. The molecule has 2 aliphatic rings. The quantitative estimate of drug-likeness (QED) is 0.744. The largest absolute Gasteiger partial charge is 0.369 e. The van der Waals surface area contributed by atoms with Crippen LogP contribution in [0.2, 0.25) is 0 Å². The Hall–Kier alpha value is -0.610. The van der Waals surface area contributed by atoms with Crippen LogP contribution in [0.1, 0.15) is 34.1 Å². The van der Waals surface area contributed by atoms with Crippen molar-refractivity contribution in [2.75, 3.05) is 26.2 Å². The van der Waals surface area contributed by atoms with Crippen molar-refractivity contribution < 1.29 is 9.53 Å². The summed E-state index contributed by atoms with van der Waals surface area (Å²) < 4.78 is 5.84. The lowest BCUT2D eigenvalue weighted by atomic mass is 9.87. The Balaban J connectivity index is 2.09. The van der Waals surface area contributed by atoms with Crippen LogP contribution in [0.25, 0.3) is 0 Å². The first kappa shape index (κ1) is 12.8. The van der Waals surface area contributed by atoms with E-state index in [4.69, 9.17) is 4.74 Å². The van der Waals surface area contributed by atoms with Crippen molar-refractivity contribution in [1.29, 1.82) is 0 Å². The van der Waals surface area contributed by atoms with Crippen molar-refractivity contribution in [1.82, 2.24) is 10.2 Å². The van der Waals surface area contributed by atoms with E-state index in [-0.39, 0.29) is 23.0 Å². The summed E-state index contributed by atoms with van der Waals surface area (Å²) in [6, 6.07) is 0. The maximum Gasteiger partial charge on any atom is 0.230 e. The highest BCUT2D eigenvalue weighted by atomic mass is 16.5. The first-order valence-electron chi connectivity index (χ1n) is 6.50. The third-order valence-electron chi connectivity index (χ3n) is 3.74. The monoisotopic (exact) mass is 240 g/mol. The van der Waals surface area contributed by atoms with E-state index in [9.17, 15) is 4.79 Å². The average molecular weight is 240 g/mol. The smallest absolute Gasteiger partial charge is 0.230 e. The maximum absolute atomic E-state index is 12.6. The summed E-state index contributed by atoms with van der Waals surface area (Å²) in [5.41, 5.74) is -0.442. The van der Waals surface area contributed by atoms with E-state index in [0.717, 1.165) is 26.1 Å². The van der Waals surface area contributed by atoms with Gasteiger partial charge in [0.2, 0.25) is 5.91 Å². The van der Waals surface area contributed by atoms with Gasteiger partial charge < -0.3 is 15.0 Å². The average Bonchev–Trinajstić information content (AvgIpc) is 2.62. The summed E-state index contributed by atoms with van der Waals surface area (Å²) in [6.07, 6.45) is 1.07. The van der Waals surface area contributed by atoms with Gasteiger partial charge in [0.05, 0.1) is 17.1 Å². The van der Waals surface area contributed by atoms with Gasteiger partial charge in [-0.05, 0) is 40.7 Å². The molecule has 4 heteroatoms. The minimum Gasteiger partial charge on any atom is -0.369 e. The van der Waals surface area contributed by atoms with Crippen LogP contribution >= 0.6 is 0 Å². The molecule has 98 valence electrons. The molecule has 0 saturated carbocycles. The van der Waals surface area contributed by atoms with Gasteiger partial charge in [-0.3, -0.25) is 4.79 Å². The van der Waals surface area contributed by atoms with Crippen molar-refractivity contribution in [3.8, 4) is 0 Å². The SMILES string of the molecule is C[C@@H]1CN(C(=O)[C@@]2(C)CCNC2)CC(C)(C)O1. The summed E-state index contributed by atoms with van der Waals surface area (Å²) in [5, 5.41) is 3.29. The Morgan fingerprint density at radius 2 is 2.12 bits per heavy atom. The van der Waals surface area contributed by atoms with Crippen LogP contribution in [0.15, 0.2) is 0 Å². The molecule has 0 aromatic heterocycles. The highest BCUT2D eigenvalue weighted by Gasteiger charge is 2.43. The molecule has 0 spiro atoms. The molecule has 0 radical (unpaired) electrons. The fourth-order valence-corrected chi connectivity index (χ4v) is 2.99. The van der Waals surface area contributed by atoms with Gasteiger partial charge >= 0.3 is 0 Å². The van der Waals surface area contributed by atoms with Crippen LogP contribution in [0.5, 0.6) is 0 Å². The van der Waals surface area contributed by atoms with Gasteiger partial charge in [0.1, 0.15) is 0 Å². The van der Waals surface area contributed by atoms with E-state index in [2.05, 4.69) is 26.1 Å². The number of hydrogen-bond acceptors (Lipinski definition) is 3. The number of carbonyl (C=O) groups excluding carboxylic acids is 1. The molecule has 2 fully saturated rings. The summed E-state index contributed by atoms with van der Waals surface area (Å²) in [7, 11) is 0. The van der Waals surface area contributed by atoms with Crippen LogP contribution in [0.3, 0.4) is 0 Å². The Morgan fingerprint density at radius 3 is 2.65 bits per heavy atom. The van der Waals surface area contributed by atoms with E-state index in [1.807, 2.05) is 11.8 Å². The number of carbonyl (C=O) groups is 1. The second-order valence-electron chi connectivity index (χ2n) is 6.36. The number of nitrogens with one attached hydrogen (secondary N) is 1. The molecule has 0 aromatic rings. The molecule has 0 bridgehead atoms. The highest BCUT2D eigenvalue weighted by molar-refractivity contribution is 5.83. The first-order chi connectivity index (χ1) is 7.82. The molecule has 2 heterocycles. The Kier molecular flexibility index (Phi) is 3.21. The topological polar surface area (TPSA) is 41.6 Å². The molecule has 17 heavy (non-hydrogen) atoms. The van der Waals surface area contributed by atoms with Crippen molar-refractivity contribution in [2.24, 2.45) is 5.41 Å². The van der Waals surface area contributed by atoms with Gasteiger partial charge in [0.15, 0.2) is 0 Å². The minimum absolute atomic E-state index is 0.126. The molecule has 0 aromatic carbocycles. The molecule has 4 nitrogen and oxygen atoms in total. The maximum atomic E-state index is 12.6. The number of nitrogens with zero attached hydrogens (tertiary/aromatic N) is 1. The first-order valence-corrected chi connectivity index (χ1v) is 6.50. The van der Waals surface area contributed by atoms with E-state index in [1.165, 1.54) is 0 Å². The standard InChI is InChI=1S/C13H24N2O2/c1-10-7-15(9-12(2,3)17-10)11(16)13(4)5-6-14-8-13/h10,14H,5-9H2,1-4H3/t10-,13+/m1/s1. The Bertz CT molecular complexity index is 309. The number of morpholine rings is 1. The zero-order chi connectivity index (χ0) is 12.7. The van der Waals surface area contributed by atoms with Gasteiger partial charge in [-0.2, -0.15) is 0 Å². The minimum atomic E-state index is -0.226. The molecule has 0 aliphatic carbocycles. The number of rotatable bonds is 1. The predicted octanol–water partition coefficient (Wildman–Crippen LogP) is 1.01. The Morgan fingerprint density at radius 1 is 1.41 bits per heavy atom. The van der Waals surface area contributed by atoms with Crippen LogP contribution in [-0.4, -0.2) is 48.7 Å². The van der Waals surface area contributed by atoms with Gasteiger partial charge in [0, 0.05) is 19.6 Å². The van der Waals surface area contributed by atoms with E-state index in [0.29, 0.717) is 6.54 Å². The third kappa shape index (κ3) is 2.63. The summed E-state index contributed by atoms with van der Waals surface area (Å²) in [4.78, 5) is 14.6. The molecule has 2 aliphatic heterocycles. The normalized spacial score (nSPS) is 37.2. The highest BCUT2D eigenvalue weighted by Crippen LogP contribution is 2.30. The summed E-state index contributed by atoms with van der Waals surface area (Å²) >= 11 is 0. The van der Waals surface area contributed by atoms with Gasteiger partial charge in [-0.25, -0.2) is 0 Å². The molecule has 2 saturated heterocycles. The number of ether oxygens (including phenoxy) is 1. The van der Waals surface area contributed by atoms with Crippen molar-refractivity contribution in [2.45, 2.75) is 45.8 Å². The molecule has 2 rings (SSSR count). The van der Waals surface area contributed by atoms with E-state index < -0.39 is 0 Å². The fraction of sp³-hybridized carbons (Fsp3) is 0.923. The molecule has 1 N–H and O–H groups in total. The molecular weight excluding hydrogens is 216 g/mol. The zero-order valence-electron chi connectivity index (χ0n) is 11.4. The summed E-state index contributed by atoms with van der Waals surface area (Å²) in [5.74, 6) is 0.283. The van der Waals surface area contributed by atoms with E-state index in [1.54, 1.807) is 0 Å². The fourth-order valence-electron chi connectivity index (χ4n) is 2.99. The Labute approximate surface area is 104 Å². The molecule has 0 unspecified atom stereocenters. The predicted molar refractivity (Wildman–Crippen MR) is 66.8 cm³/mol.